The van der Waals surface area contributed by atoms with Crippen LogP contribution in [0, 0.1) is 11.6 Å². The van der Waals surface area contributed by atoms with Crippen molar-refractivity contribution in [1.82, 2.24) is 10.2 Å². The van der Waals surface area contributed by atoms with Crippen LogP contribution in [0.3, 0.4) is 0 Å². The smallest absolute Gasteiger partial charge is 0.194 e. The topological polar surface area (TPSA) is 46.1 Å². The van der Waals surface area contributed by atoms with Gasteiger partial charge in [-0.1, -0.05) is 18.2 Å². The van der Waals surface area contributed by atoms with Crippen molar-refractivity contribution in [2.24, 2.45) is 4.99 Å². The predicted molar refractivity (Wildman–Crippen MR) is 104 cm³/mol. The van der Waals surface area contributed by atoms with E-state index in [4.69, 9.17) is 9.47 Å². The Morgan fingerprint density at radius 1 is 1.21 bits per heavy atom. The summed E-state index contributed by atoms with van der Waals surface area (Å²) in [5, 5.41) is 3.27. The lowest BCUT2D eigenvalue weighted by Crippen LogP contribution is -2.50. The molecule has 1 heterocycles. The van der Waals surface area contributed by atoms with E-state index >= 15 is 0 Å². The summed E-state index contributed by atoms with van der Waals surface area (Å²) < 4.78 is 38.1. The van der Waals surface area contributed by atoms with Crippen LogP contribution in [0.2, 0.25) is 0 Å². The highest BCUT2D eigenvalue weighted by Crippen LogP contribution is 2.25. The van der Waals surface area contributed by atoms with Gasteiger partial charge in [0, 0.05) is 20.1 Å². The Morgan fingerprint density at radius 2 is 1.96 bits per heavy atom. The van der Waals surface area contributed by atoms with Crippen LogP contribution in [0.1, 0.15) is 24.2 Å². The van der Waals surface area contributed by atoms with Gasteiger partial charge >= 0.3 is 0 Å². The van der Waals surface area contributed by atoms with Gasteiger partial charge in [0.2, 0.25) is 0 Å². The summed E-state index contributed by atoms with van der Waals surface area (Å²) in [4.78, 5) is 6.46. The zero-order chi connectivity index (χ0) is 20.1. The van der Waals surface area contributed by atoms with Gasteiger partial charge in [0.15, 0.2) is 17.5 Å². The van der Waals surface area contributed by atoms with Gasteiger partial charge in [-0.15, -0.1) is 0 Å². The van der Waals surface area contributed by atoms with Crippen LogP contribution in [-0.4, -0.2) is 44.2 Å². The highest BCUT2D eigenvalue weighted by Gasteiger charge is 2.28. The molecule has 1 N–H and O–H groups in total. The van der Waals surface area contributed by atoms with E-state index in [1.165, 1.54) is 25.3 Å². The molecule has 7 heteroatoms. The minimum atomic E-state index is -0.395. The SMILES string of the molecule is CN=C(NCc1ccc(OC)c(F)c1)N1CC(C)OC(c2ccc(F)cc2)C1. The number of ether oxygens (including phenoxy) is 2. The number of hydrogen-bond donors (Lipinski definition) is 1. The molecule has 1 fully saturated rings. The van der Waals surface area contributed by atoms with Gasteiger partial charge in [0.05, 0.1) is 19.8 Å². The number of morpholine rings is 1. The second-order valence-electron chi connectivity index (χ2n) is 6.76. The first-order valence-electron chi connectivity index (χ1n) is 9.19. The Bertz CT molecular complexity index is 827. The molecule has 0 spiro atoms. The average Bonchev–Trinajstić information content (AvgIpc) is 2.69. The van der Waals surface area contributed by atoms with E-state index in [0.717, 1.165) is 11.1 Å². The summed E-state index contributed by atoms with van der Waals surface area (Å²) in [6.07, 6.45) is -0.192. The maximum absolute atomic E-state index is 13.9. The standard InChI is InChI=1S/C21H25F2N3O2/c1-14-12-26(13-20(28-14)16-5-7-17(22)8-6-16)21(24-2)25-11-15-4-9-19(27-3)18(23)10-15/h4-10,14,20H,11-13H2,1-3H3,(H,24,25). The summed E-state index contributed by atoms with van der Waals surface area (Å²) in [5.41, 5.74) is 1.71. The van der Waals surface area contributed by atoms with Crippen molar-refractivity contribution in [3.63, 3.8) is 0 Å². The molecule has 2 aromatic carbocycles. The van der Waals surface area contributed by atoms with E-state index < -0.39 is 5.82 Å². The first-order chi connectivity index (χ1) is 13.5. The molecule has 1 saturated heterocycles. The molecule has 2 unspecified atom stereocenters. The van der Waals surface area contributed by atoms with E-state index in [0.29, 0.717) is 25.6 Å². The summed E-state index contributed by atoms with van der Waals surface area (Å²) >= 11 is 0. The van der Waals surface area contributed by atoms with Crippen molar-refractivity contribution in [2.45, 2.75) is 25.7 Å². The van der Waals surface area contributed by atoms with Crippen molar-refractivity contribution >= 4 is 5.96 Å². The Balaban J connectivity index is 1.67. The largest absolute Gasteiger partial charge is 0.494 e. The Morgan fingerprint density at radius 3 is 2.61 bits per heavy atom. The molecule has 0 saturated carbocycles. The molecular weight excluding hydrogens is 364 g/mol. The molecule has 1 aliphatic heterocycles. The normalized spacial score (nSPS) is 20.2. The predicted octanol–water partition coefficient (Wildman–Crippen LogP) is 3.51. The second kappa shape index (κ2) is 9.01. The number of rotatable bonds is 4. The summed E-state index contributed by atoms with van der Waals surface area (Å²) in [5.74, 6) is 0.262. The molecule has 28 heavy (non-hydrogen) atoms. The van der Waals surface area contributed by atoms with Crippen molar-refractivity contribution in [1.29, 1.82) is 0 Å². The van der Waals surface area contributed by atoms with Gasteiger partial charge in [0.25, 0.3) is 0 Å². The van der Waals surface area contributed by atoms with Crippen LogP contribution < -0.4 is 10.1 Å². The van der Waals surface area contributed by atoms with Crippen molar-refractivity contribution < 1.29 is 18.3 Å². The molecule has 5 nitrogen and oxygen atoms in total. The number of methoxy groups -OCH3 is 1. The number of aliphatic imine (C=N–C) groups is 1. The first-order valence-corrected chi connectivity index (χ1v) is 9.19. The first kappa shape index (κ1) is 20.1. The van der Waals surface area contributed by atoms with Gasteiger partial charge in [-0.05, 0) is 42.3 Å². The third-order valence-corrected chi connectivity index (χ3v) is 4.68. The molecule has 0 aliphatic carbocycles. The van der Waals surface area contributed by atoms with Gasteiger partial charge in [0.1, 0.15) is 11.9 Å². The summed E-state index contributed by atoms with van der Waals surface area (Å²) in [7, 11) is 3.15. The highest BCUT2D eigenvalue weighted by molar-refractivity contribution is 5.80. The zero-order valence-electron chi connectivity index (χ0n) is 16.3. The minimum Gasteiger partial charge on any atom is -0.494 e. The molecule has 1 aliphatic rings. The van der Waals surface area contributed by atoms with Gasteiger partial charge in [-0.2, -0.15) is 0 Å². The lowest BCUT2D eigenvalue weighted by atomic mass is 10.1. The Labute approximate surface area is 164 Å². The van der Waals surface area contributed by atoms with Gasteiger partial charge in [-0.25, -0.2) is 8.78 Å². The monoisotopic (exact) mass is 389 g/mol. The number of nitrogens with one attached hydrogen (secondary N) is 1. The average molecular weight is 389 g/mol. The van der Waals surface area contributed by atoms with E-state index in [2.05, 4.69) is 15.2 Å². The lowest BCUT2D eigenvalue weighted by Gasteiger charge is -2.38. The van der Waals surface area contributed by atoms with Crippen LogP contribution in [0.25, 0.3) is 0 Å². The summed E-state index contributed by atoms with van der Waals surface area (Å²) in [6, 6.07) is 11.2. The van der Waals surface area contributed by atoms with E-state index in [1.54, 1.807) is 25.2 Å². The molecule has 0 aromatic heterocycles. The van der Waals surface area contributed by atoms with Crippen molar-refractivity contribution in [2.75, 3.05) is 27.2 Å². The fraction of sp³-hybridized carbons (Fsp3) is 0.381. The van der Waals surface area contributed by atoms with Crippen molar-refractivity contribution in [3.8, 4) is 5.75 Å². The fourth-order valence-corrected chi connectivity index (χ4v) is 3.32. The van der Waals surface area contributed by atoms with Crippen LogP contribution in [0.15, 0.2) is 47.5 Å². The van der Waals surface area contributed by atoms with Crippen LogP contribution in [-0.2, 0) is 11.3 Å². The third kappa shape index (κ3) is 4.78. The number of guanidine groups is 1. The quantitative estimate of drug-likeness (QED) is 0.642. The second-order valence-corrected chi connectivity index (χ2v) is 6.76. The molecule has 3 rings (SSSR count). The number of nitrogens with zero attached hydrogens (tertiary/aromatic N) is 2. The number of halogens is 2. The zero-order valence-corrected chi connectivity index (χ0v) is 16.3. The van der Waals surface area contributed by atoms with Gasteiger partial charge in [-0.3, -0.25) is 4.99 Å². The highest BCUT2D eigenvalue weighted by atomic mass is 19.1. The number of hydrogen-bond acceptors (Lipinski definition) is 3. The molecule has 2 atom stereocenters. The maximum Gasteiger partial charge on any atom is 0.194 e. The van der Waals surface area contributed by atoms with Crippen LogP contribution in [0.4, 0.5) is 8.78 Å². The number of benzene rings is 2. The van der Waals surface area contributed by atoms with E-state index in [9.17, 15) is 8.78 Å². The van der Waals surface area contributed by atoms with E-state index in [-0.39, 0.29) is 23.8 Å². The summed E-state index contributed by atoms with van der Waals surface area (Å²) in [6.45, 7) is 3.69. The fourth-order valence-electron chi connectivity index (χ4n) is 3.32. The van der Waals surface area contributed by atoms with Crippen LogP contribution >= 0.6 is 0 Å². The molecule has 150 valence electrons. The molecular formula is C21H25F2N3O2. The van der Waals surface area contributed by atoms with E-state index in [1.807, 2.05) is 13.0 Å². The molecule has 0 radical (unpaired) electrons. The Kier molecular flexibility index (Phi) is 6.46. The van der Waals surface area contributed by atoms with Crippen LogP contribution in [0.5, 0.6) is 5.75 Å². The minimum absolute atomic E-state index is 0.0132. The molecule has 0 amide bonds. The van der Waals surface area contributed by atoms with Gasteiger partial charge < -0.3 is 19.7 Å². The molecule has 2 aromatic rings. The molecule has 0 bridgehead atoms. The van der Waals surface area contributed by atoms with Crippen molar-refractivity contribution in [3.05, 3.63) is 65.2 Å². The lowest BCUT2D eigenvalue weighted by molar-refractivity contribution is -0.0605. The Hall–Kier alpha value is -2.67. The third-order valence-electron chi connectivity index (χ3n) is 4.68. The maximum atomic E-state index is 13.9.